The largest absolute Gasteiger partial charge is 0.294 e. The van der Waals surface area contributed by atoms with Gasteiger partial charge in [0.15, 0.2) is 11.6 Å². The van der Waals surface area contributed by atoms with Crippen LogP contribution in [0.1, 0.15) is 19.8 Å². The maximum atomic E-state index is 11.7. The zero-order valence-electron chi connectivity index (χ0n) is 7.62. The minimum Gasteiger partial charge on any atom is -0.294 e. The molecule has 0 aliphatic heterocycles. The van der Waals surface area contributed by atoms with Crippen molar-refractivity contribution in [3.8, 4) is 0 Å². The van der Waals surface area contributed by atoms with Gasteiger partial charge < -0.3 is 0 Å². The molecular weight excluding hydrogens is 164 g/mol. The third-order valence-electron chi connectivity index (χ3n) is 2.88. The van der Waals surface area contributed by atoms with Crippen molar-refractivity contribution < 1.29 is 9.59 Å². The van der Waals surface area contributed by atoms with Crippen LogP contribution in [0.5, 0.6) is 0 Å². The fraction of sp³-hybridized carbons (Fsp3) is 0.455. The summed E-state index contributed by atoms with van der Waals surface area (Å²) in [5.74, 6) is 0.157. The number of rotatable bonds is 0. The molecule has 0 saturated heterocycles. The van der Waals surface area contributed by atoms with Crippen LogP contribution in [0.15, 0.2) is 23.8 Å². The number of hydrogen-bond acceptors (Lipinski definition) is 2. The van der Waals surface area contributed by atoms with Crippen LogP contribution in [0.3, 0.4) is 0 Å². The highest BCUT2D eigenvalue weighted by Gasteiger charge is 2.36. The molecule has 2 nitrogen and oxygen atoms in total. The van der Waals surface area contributed by atoms with Gasteiger partial charge in [-0.05, 0) is 31.4 Å². The van der Waals surface area contributed by atoms with Crippen LogP contribution in [0.2, 0.25) is 0 Å². The molecule has 2 atom stereocenters. The Morgan fingerprint density at radius 1 is 1.15 bits per heavy atom. The number of fused-ring (bicyclic) bond motifs is 1. The first-order chi connectivity index (χ1) is 6.20. The first kappa shape index (κ1) is 8.42. The van der Waals surface area contributed by atoms with Gasteiger partial charge in [0.05, 0.1) is 0 Å². The van der Waals surface area contributed by atoms with Crippen LogP contribution < -0.4 is 0 Å². The average molecular weight is 176 g/mol. The van der Waals surface area contributed by atoms with E-state index in [1.54, 1.807) is 6.92 Å². The molecule has 0 amide bonds. The fourth-order valence-corrected chi connectivity index (χ4v) is 2.10. The normalized spacial score (nSPS) is 32.8. The predicted octanol–water partition coefficient (Wildman–Crippen LogP) is 1.67. The number of Topliss-reactive ketones (excluding diaryl/α,β-unsaturated/α-hetero) is 1. The molecule has 0 radical (unpaired) electrons. The van der Waals surface area contributed by atoms with Crippen LogP contribution in [-0.4, -0.2) is 11.6 Å². The van der Waals surface area contributed by atoms with E-state index in [2.05, 4.69) is 0 Å². The van der Waals surface area contributed by atoms with Crippen molar-refractivity contribution in [3.05, 3.63) is 23.8 Å². The molecule has 2 heteroatoms. The van der Waals surface area contributed by atoms with E-state index in [1.807, 2.05) is 12.2 Å². The maximum absolute atomic E-state index is 11.7. The van der Waals surface area contributed by atoms with Gasteiger partial charge in [-0.25, -0.2) is 0 Å². The van der Waals surface area contributed by atoms with Gasteiger partial charge in [-0.15, -0.1) is 0 Å². The maximum Gasteiger partial charge on any atom is 0.162 e. The molecule has 0 fully saturated rings. The van der Waals surface area contributed by atoms with Crippen molar-refractivity contribution in [1.82, 2.24) is 0 Å². The first-order valence-electron chi connectivity index (χ1n) is 4.61. The zero-order valence-corrected chi connectivity index (χ0v) is 7.62. The molecule has 2 aliphatic carbocycles. The molecule has 0 saturated carbocycles. The van der Waals surface area contributed by atoms with Crippen molar-refractivity contribution >= 4 is 11.6 Å². The Morgan fingerprint density at radius 2 is 1.77 bits per heavy atom. The smallest absolute Gasteiger partial charge is 0.162 e. The second-order valence-corrected chi connectivity index (χ2v) is 3.75. The summed E-state index contributed by atoms with van der Waals surface area (Å²) >= 11 is 0. The lowest BCUT2D eigenvalue weighted by molar-refractivity contribution is -0.129. The molecular formula is C11H12O2. The number of allylic oxidation sites excluding steroid dienone is 4. The molecule has 0 bridgehead atoms. The summed E-state index contributed by atoms with van der Waals surface area (Å²) in [4.78, 5) is 23.2. The lowest BCUT2D eigenvalue weighted by Crippen LogP contribution is -2.35. The van der Waals surface area contributed by atoms with Gasteiger partial charge >= 0.3 is 0 Å². The van der Waals surface area contributed by atoms with Crippen LogP contribution in [0.25, 0.3) is 0 Å². The summed E-state index contributed by atoms with van der Waals surface area (Å²) in [5.41, 5.74) is 0.626. The average Bonchev–Trinajstić information content (AvgIpc) is 2.15. The number of carbonyl (C=O) groups is 2. The molecule has 0 aromatic carbocycles. The van der Waals surface area contributed by atoms with E-state index < -0.39 is 0 Å². The van der Waals surface area contributed by atoms with Gasteiger partial charge in [0, 0.05) is 11.8 Å². The van der Waals surface area contributed by atoms with E-state index >= 15 is 0 Å². The van der Waals surface area contributed by atoms with Gasteiger partial charge in [0.2, 0.25) is 0 Å². The topological polar surface area (TPSA) is 34.1 Å². The lowest BCUT2D eigenvalue weighted by Gasteiger charge is -2.28. The van der Waals surface area contributed by atoms with Crippen molar-refractivity contribution in [2.45, 2.75) is 19.8 Å². The summed E-state index contributed by atoms with van der Waals surface area (Å²) in [6.07, 6.45) is 6.98. The summed E-state index contributed by atoms with van der Waals surface area (Å²) < 4.78 is 0. The highest BCUT2D eigenvalue weighted by molar-refractivity contribution is 6.10. The van der Waals surface area contributed by atoms with E-state index in [1.165, 1.54) is 6.08 Å². The Balaban J connectivity index is 2.37. The van der Waals surface area contributed by atoms with Crippen molar-refractivity contribution in [2.24, 2.45) is 11.8 Å². The third kappa shape index (κ3) is 1.26. The summed E-state index contributed by atoms with van der Waals surface area (Å²) in [6, 6.07) is 0. The molecule has 0 N–H and O–H groups in total. The molecule has 0 unspecified atom stereocenters. The molecule has 2 aliphatic rings. The molecule has 13 heavy (non-hydrogen) atoms. The molecule has 68 valence electrons. The fourth-order valence-electron chi connectivity index (χ4n) is 2.10. The molecule has 0 heterocycles. The van der Waals surface area contributed by atoms with E-state index in [9.17, 15) is 9.59 Å². The zero-order chi connectivity index (χ0) is 9.42. The Morgan fingerprint density at radius 3 is 2.46 bits per heavy atom. The van der Waals surface area contributed by atoms with Crippen LogP contribution in [-0.2, 0) is 9.59 Å². The van der Waals surface area contributed by atoms with Crippen LogP contribution in [0, 0.1) is 11.8 Å². The second-order valence-electron chi connectivity index (χ2n) is 3.75. The van der Waals surface area contributed by atoms with E-state index in [0.717, 1.165) is 12.8 Å². The standard InChI is InChI=1S/C11H12O2/c1-7-6-10(12)8-4-2-3-5-9(8)11(7)13/h2-3,6,8-9H,4-5H2,1H3/t8-,9+/m0/s1. The number of hydrogen-bond donors (Lipinski definition) is 0. The highest BCUT2D eigenvalue weighted by atomic mass is 16.1. The Bertz CT molecular complexity index is 323. The lowest BCUT2D eigenvalue weighted by atomic mass is 9.72. The molecule has 0 aromatic rings. The van der Waals surface area contributed by atoms with Crippen LogP contribution in [0.4, 0.5) is 0 Å². The summed E-state index contributed by atoms with van der Waals surface area (Å²) in [5, 5.41) is 0. The number of ketones is 2. The Hall–Kier alpha value is -1.18. The summed E-state index contributed by atoms with van der Waals surface area (Å²) in [7, 11) is 0. The Kier molecular flexibility index (Phi) is 1.91. The molecule has 2 rings (SSSR count). The monoisotopic (exact) mass is 176 g/mol. The van der Waals surface area contributed by atoms with Gasteiger partial charge in [0.1, 0.15) is 0 Å². The van der Waals surface area contributed by atoms with Gasteiger partial charge in [-0.2, -0.15) is 0 Å². The van der Waals surface area contributed by atoms with E-state index in [-0.39, 0.29) is 23.4 Å². The quantitative estimate of drug-likeness (QED) is 0.526. The van der Waals surface area contributed by atoms with Gasteiger partial charge in [-0.1, -0.05) is 12.2 Å². The highest BCUT2D eigenvalue weighted by Crippen LogP contribution is 2.32. The van der Waals surface area contributed by atoms with Crippen LogP contribution >= 0.6 is 0 Å². The minimum atomic E-state index is -0.0683. The van der Waals surface area contributed by atoms with Crippen molar-refractivity contribution in [2.75, 3.05) is 0 Å². The molecule has 0 spiro atoms. The minimum absolute atomic E-state index is 0.0671. The first-order valence-corrected chi connectivity index (χ1v) is 4.61. The SMILES string of the molecule is CC1=CC(=O)[C@H]2CC=CC[C@H]2C1=O. The van der Waals surface area contributed by atoms with Gasteiger partial charge in [-0.3, -0.25) is 9.59 Å². The third-order valence-corrected chi connectivity index (χ3v) is 2.88. The predicted molar refractivity (Wildman–Crippen MR) is 49.1 cm³/mol. The van der Waals surface area contributed by atoms with Crippen molar-refractivity contribution in [1.29, 1.82) is 0 Å². The number of carbonyl (C=O) groups excluding carboxylic acids is 2. The summed E-state index contributed by atoms with van der Waals surface area (Å²) in [6.45, 7) is 1.73. The second kappa shape index (κ2) is 2.95. The van der Waals surface area contributed by atoms with E-state index in [4.69, 9.17) is 0 Å². The Labute approximate surface area is 77.3 Å². The van der Waals surface area contributed by atoms with Crippen molar-refractivity contribution in [3.63, 3.8) is 0 Å². The van der Waals surface area contributed by atoms with Gasteiger partial charge in [0.25, 0.3) is 0 Å². The van der Waals surface area contributed by atoms with E-state index in [0.29, 0.717) is 5.57 Å². The molecule has 0 aromatic heterocycles.